The smallest absolute Gasteiger partial charge is 0.251 e. The number of carbonyl (C=O) groups excluding carboxylic acids is 1. The lowest BCUT2D eigenvalue weighted by molar-refractivity contribution is 0.0937. The van der Waals surface area contributed by atoms with E-state index in [1.165, 1.54) is 19.3 Å². The molecule has 1 amide bonds. The van der Waals surface area contributed by atoms with Crippen molar-refractivity contribution in [2.45, 2.75) is 71.8 Å². The van der Waals surface area contributed by atoms with Crippen molar-refractivity contribution in [1.82, 2.24) is 10.3 Å². The molecular formula is C17H27ClN2O. The van der Waals surface area contributed by atoms with E-state index in [1.807, 2.05) is 19.9 Å². The summed E-state index contributed by atoms with van der Waals surface area (Å²) < 4.78 is 0. The Morgan fingerprint density at radius 1 is 1.24 bits per heavy atom. The number of hydrogen-bond acceptors (Lipinski definition) is 2. The SMILES string of the molecule is CCCCCCC(C)NC(=O)c1cc(Cl)nc(C(C)C)c1. The van der Waals surface area contributed by atoms with Crippen molar-refractivity contribution in [2.75, 3.05) is 0 Å². The van der Waals surface area contributed by atoms with Gasteiger partial charge < -0.3 is 5.32 Å². The predicted molar refractivity (Wildman–Crippen MR) is 89.0 cm³/mol. The zero-order chi connectivity index (χ0) is 15.8. The molecule has 0 aliphatic heterocycles. The van der Waals surface area contributed by atoms with Gasteiger partial charge in [-0.1, -0.05) is 58.1 Å². The van der Waals surface area contributed by atoms with Crippen LogP contribution in [0.1, 0.15) is 81.8 Å². The maximum absolute atomic E-state index is 12.3. The van der Waals surface area contributed by atoms with Gasteiger partial charge in [-0.25, -0.2) is 4.98 Å². The van der Waals surface area contributed by atoms with E-state index in [0.29, 0.717) is 10.7 Å². The molecule has 0 aliphatic rings. The van der Waals surface area contributed by atoms with E-state index in [4.69, 9.17) is 11.6 Å². The molecule has 0 spiro atoms. The van der Waals surface area contributed by atoms with Gasteiger partial charge in [-0.15, -0.1) is 0 Å². The van der Waals surface area contributed by atoms with E-state index in [-0.39, 0.29) is 17.9 Å². The molecule has 1 aromatic heterocycles. The maximum Gasteiger partial charge on any atom is 0.251 e. The van der Waals surface area contributed by atoms with Crippen LogP contribution in [-0.4, -0.2) is 16.9 Å². The third-order valence-electron chi connectivity index (χ3n) is 3.54. The summed E-state index contributed by atoms with van der Waals surface area (Å²) in [5.74, 6) is 0.186. The van der Waals surface area contributed by atoms with Gasteiger partial charge in [0.2, 0.25) is 0 Å². The van der Waals surface area contributed by atoms with Crippen LogP contribution in [0.2, 0.25) is 5.15 Å². The van der Waals surface area contributed by atoms with Gasteiger partial charge in [0.25, 0.3) is 5.91 Å². The Morgan fingerprint density at radius 3 is 2.57 bits per heavy atom. The molecule has 1 unspecified atom stereocenters. The van der Waals surface area contributed by atoms with Crippen LogP contribution in [-0.2, 0) is 0 Å². The number of halogens is 1. The number of rotatable bonds is 8. The summed E-state index contributed by atoms with van der Waals surface area (Å²) in [5, 5.41) is 3.42. The molecule has 0 fully saturated rings. The molecule has 1 atom stereocenters. The number of aromatic nitrogens is 1. The molecule has 0 saturated carbocycles. The summed E-state index contributed by atoms with van der Waals surface area (Å²) in [4.78, 5) is 16.5. The first-order valence-electron chi connectivity index (χ1n) is 7.92. The van der Waals surface area contributed by atoms with Crippen LogP contribution in [0.4, 0.5) is 0 Å². The van der Waals surface area contributed by atoms with Crippen LogP contribution in [0, 0.1) is 0 Å². The van der Waals surface area contributed by atoms with Crippen LogP contribution < -0.4 is 5.32 Å². The first kappa shape index (κ1) is 18.0. The summed E-state index contributed by atoms with van der Waals surface area (Å²) in [6, 6.07) is 3.64. The van der Waals surface area contributed by atoms with E-state index in [0.717, 1.165) is 18.5 Å². The van der Waals surface area contributed by atoms with Crippen molar-refractivity contribution in [3.63, 3.8) is 0 Å². The van der Waals surface area contributed by atoms with Crippen molar-refractivity contribution in [3.8, 4) is 0 Å². The molecule has 0 aromatic carbocycles. The van der Waals surface area contributed by atoms with Crippen molar-refractivity contribution in [3.05, 3.63) is 28.5 Å². The van der Waals surface area contributed by atoms with Gasteiger partial charge in [0, 0.05) is 17.3 Å². The quantitative estimate of drug-likeness (QED) is 0.545. The van der Waals surface area contributed by atoms with Gasteiger partial charge in [-0.3, -0.25) is 4.79 Å². The minimum Gasteiger partial charge on any atom is -0.350 e. The average molecular weight is 311 g/mol. The Morgan fingerprint density at radius 2 is 1.95 bits per heavy atom. The zero-order valence-electron chi connectivity index (χ0n) is 13.6. The lowest BCUT2D eigenvalue weighted by Gasteiger charge is -2.15. The van der Waals surface area contributed by atoms with E-state index in [9.17, 15) is 4.79 Å². The number of nitrogens with one attached hydrogen (secondary N) is 1. The Bertz CT molecular complexity index is 460. The highest BCUT2D eigenvalue weighted by molar-refractivity contribution is 6.29. The molecule has 1 rings (SSSR count). The second-order valence-corrected chi connectivity index (χ2v) is 6.37. The molecule has 21 heavy (non-hydrogen) atoms. The molecule has 0 bridgehead atoms. The van der Waals surface area contributed by atoms with E-state index in [1.54, 1.807) is 6.07 Å². The standard InChI is InChI=1S/C17H27ClN2O/c1-5-6-7-8-9-13(4)19-17(21)14-10-15(12(2)3)20-16(18)11-14/h10-13H,5-9H2,1-4H3,(H,19,21). The van der Waals surface area contributed by atoms with Crippen molar-refractivity contribution in [1.29, 1.82) is 0 Å². The Balaban J connectivity index is 2.58. The summed E-state index contributed by atoms with van der Waals surface area (Å²) in [7, 11) is 0. The van der Waals surface area contributed by atoms with Crippen LogP contribution >= 0.6 is 11.6 Å². The Labute approximate surface area is 133 Å². The largest absolute Gasteiger partial charge is 0.350 e. The van der Waals surface area contributed by atoms with Crippen LogP contribution in [0.3, 0.4) is 0 Å². The second kappa shape index (κ2) is 9.04. The summed E-state index contributed by atoms with van der Waals surface area (Å²) in [5.41, 5.74) is 1.45. The van der Waals surface area contributed by atoms with Crippen LogP contribution in [0.15, 0.2) is 12.1 Å². The highest BCUT2D eigenvalue weighted by atomic mass is 35.5. The van der Waals surface area contributed by atoms with Crippen molar-refractivity contribution < 1.29 is 4.79 Å². The van der Waals surface area contributed by atoms with Gasteiger partial charge in [-0.2, -0.15) is 0 Å². The zero-order valence-corrected chi connectivity index (χ0v) is 14.3. The number of hydrogen-bond donors (Lipinski definition) is 1. The third kappa shape index (κ3) is 6.47. The Hall–Kier alpha value is -1.09. The minimum absolute atomic E-state index is 0.0656. The van der Waals surface area contributed by atoms with Gasteiger partial charge in [0.15, 0.2) is 0 Å². The van der Waals surface area contributed by atoms with E-state index < -0.39 is 0 Å². The van der Waals surface area contributed by atoms with Crippen molar-refractivity contribution >= 4 is 17.5 Å². The third-order valence-corrected chi connectivity index (χ3v) is 3.73. The maximum atomic E-state index is 12.3. The molecular weight excluding hydrogens is 284 g/mol. The predicted octanol–water partition coefficient (Wildman–Crippen LogP) is 4.95. The molecule has 1 heterocycles. The molecule has 118 valence electrons. The Kier molecular flexibility index (Phi) is 7.73. The molecule has 3 nitrogen and oxygen atoms in total. The molecule has 0 saturated heterocycles. The molecule has 1 N–H and O–H groups in total. The summed E-state index contributed by atoms with van der Waals surface area (Å²) in [6.07, 6.45) is 5.90. The lowest BCUT2D eigenvalue weighted by Crippen LogP contribution is -2.32. The number of unbranched alkanes of at least 4 members (excludes halogenated alkanes) is 3. The molecule has 0 radical (unpaired) electrons. The van der Waals surface area contributed by atoms with Crippen LogP contribution in [0.5, 0.6) is 0 Å². The minimum atomic E-state index is -0.0656. The van der Waals surface area contributed by atoms with Gasteiger partial charge in [-0.05, 0) is 31.4 Å². The molecule has 4 heteroatoms. The van der Waals surface area contributed by atoms with Crippen LogP contribution in [0.25, 0.3) is 0 Å². The normalized spacial score (nSPS) is 12.5. The topological polar surface area (TPSA) is 42.0 Å². The van der Waals surface area contributed by atoms with Gasteiger partial charge in [0.05, 0.1) is 0 Å². The fraction of sp³-hybridized carbons (Fsp3) is 0.647. The van der Waals surface area contributed by atoms with E-state index in [2.05, 4.69) is 24.1 Å². The fourth-order valence-electron chi connectivity index (χ4n) is 2.20. The number of nitrogens with zero attached hydrogens (tertiary/aromatic N) is 1. The number of pyridine rings is 1. The van der Waals surface area contributed by atoms with Crippen molar-refractivity contribution in [2.24, 2.45) is 0 Å². The fourth-order valence-corrected chi connectivity index (χ4v) is 2.42. The highest BCUT2D eigenvalue weighted by Crippen LogP contribution is 2.18. The average Bonchev–Trinajstić information content (AvgIpc) is 2.42. The van der Waals surface area contributed by atoms with Gasteiger partial charge in [0.1, 0.15) is 5.15 Å². The van der Waals surface area contributed by atoms with E-state index >= 15 is 0 Å². The first-order valence-corrected chi connectivity index (χ1v) is 8.30. The molecule has 0 aliphatic carbocycles. The summed E-state index contributed by atoms with van der Waals surface area (Å²) >= 11 is 6.00. The highest BCUT2D eigenvalue weighted by Gasteiger charge is 2.13. The lowest BCUT2D eigenvalue weighted by atomic mass is 10.1. The summed E-state index contributed by atoms with van der Waals surface area (Å²) in [6.45, 7) is 8.33. The monoisotopic (exact) mass is 310 g/mol. The number of carbonyl (C=O) groups is 1. The first-order chi connectivity index (χ1) is 9.93. The second-order valence-electron chi connectivity index (χ2n) is 5.98. The molecule has 1 aromatic rings. The van der Waals surface area contributed by atoms with Gasteiger partial charge >= 0.3 is 0 Å². The number of amides is 1.